The van der Waals surface area contributed by atoms with Gasteiger partial charge in [0.25, 0.3) is 10.0 Å². The monoisotopic (exact) mass is 288 g/mol. The van der Waals surface area contributed by atoms with Crippen LogP contribution in [-0.2, 0) is 17.1 Å². The molecule has 0 aliphatic rings. The first kappa shape index (κ1) is 12.6. The normalized spacial score (nSPS) is 11.7. The molecule has 0 fully saturated rings. The summed E-state index contributed by atoms with van der Waals surface area (Å²) in [6.45, 7) is 0. The molecule has 0 saturated carbocycles. The summed E-state index contributed by atoms with van der Waals surface area (Å²) >= 11 is 0. The van der Waals surface area contributed by atoms with Crippen LogP contribution in [0.3, 0.4) is 0 Å². The van der Waals surface area contributed by atoms with E-state index in [1.54, 1.807) is 37.6 Å². The van der Waals surface area contributed by atoms with Crippen LogP contribution in [0.5, 0.6) is 0 Å². The largest absolute Gasteiger partial charge is 0.281 e. The molecule has 7 heteroatoms. The number of rotatable bonds is 3. The fraction of sp³-hybridized carbons (Fsp3) is 0.0769. The number of fused-ring (bicyclic) bond motifs is 1. The van der Waals surface area contributed by atoms with Crippen molar-refractivity contribution in [2.24, 2.45) is 7.05 Å². The zero-order valence-corrected chi connectivity index (χ0v) is 11.5. The molecule has 2 aromatic heterocycles. The lowest BCUT2D eigenvalue weighted by Gasteiger charge is -2.08. The van der Waals surface area contributed by atoms with Crippen LogP contribution in [0.2, 0.25) is 0 Å². The van der Waals surface area contributed by atoms with Crippen molar-refractivity contribution in [3.63, 3.8) is 0 Å². The molecule has 0 bridgehead atoms. The summed E-state index contributed by atoms with van der Waals surface area (Å²) in [4.78, 5) is 4.21. The van der Waals surface area contributed by atoms with Crippen LogP contribution in [0.25, 0.3) is 10.9 Å². The van der Waals surface area contributed by atoms with Gasteiger partial charge in [-0.05, 0) is 18.2 Å². The number of hydrogen-bond donors (Lipinski definition) is 1. The molecule has 1 aromatic carbocycles. The number of nitrogens with zero attached hydrogens (tertiary/aromatic N) is 3. The third-order valence-electron chi connectivity index (χ3n) is 2.84. The van der Waals surface area contributed by atoms with E-state index in [1.165, 1.54) is 10.7 Å². The van der Waals surface area contributed by atoms with E-state index in [0.717, 1.165) is 5.39 Å². The van der Waals surface area contributed by atoms with Crippen molar-refractivity contribution in [2.75, 3.05) is 4.72 Å². The van der Waals surface area contributed by atoms with Crippen molar-refractivity contribution >= 4 is 26.6 Å². The van der Waals surface area contributed by atoms with Crippen LogP contribution in [0.4, 0.5) is 5.69 Å². The number of nitrogens with one attached hydrogen (secondary N) is 1. The smallest absolute Gasteiger partial charge is 0.276 e. The molecule has 0 aliphatic carbocycles. The van der Waals surface area contributed by atoms with Crippen molar-refractivity contribution in [2.45, 2.75) is 5.03 Å². The molecule has 1 N–H and O–H groups in total. The summed E-state index contributed by atoms with van der Waals surface area (Å²) in [6.07, 6.45) is 3.21. The van der Waals surface area contributed by atoms with Gasteiger partial charge in [-0.3, -0.25) is 14.4 Å². The maximum atomic E-state index is 12.2. The van der Waals surface area contributed by atoms with Crippen LogP contribution in [0, 0.1) is 0 Å². The number of pyridine rings is 1. The third-order valence-corrected chi connectivity index (χ3v) is 4.10. The predicted molar refractivity (Wildman–Crippen MR) is 75.8 cm³/mol. The Hall–Kier alpha value is -2.41. The molecule has 0 atom stereocenters. The lowest BCUT2D eigenvalue weighted by atomic mass is 10.2. The van der Waals surface area contributed by atoms with Crippen LogP contribution in [0.15, 0.2) is 53.8 Å². The highest BCUT2D eigenvalue weighted by Gasteiger charge is 2.18. The number of sulfonamides is 1. The molecule has 0 amide bonds. The maximum absolute atomic E-state index is 12.2. The van der Waals surface area contributed by atoms with E-state index in [0.29, 0.717) is 11.2 Å². The van der Waals surface area contributed by atoms with E-state index < -0.39 is 10.0 Å². The highest BCUT2D eigenvalue weighted by atomic mass is 32.2. The standard InChI is InChI=1S/C13H12N4O2S/c1-17-9-7-12(15-17)20(18,19)16-11-6-2-4-10-5-3-8-14-13(10)11/h2-9,16H,1H3. The molecule has 0 spiro atoms. The molecule has 0 radical (unpaired) electrons. The fourth-order valence-corrected chi connectivity index (χ4v) is 2.96. The zero-order valence-electron chi connectivity index (χ0n) is 10.7. The minimum Gasteiger partial charge on any atom is -0.276 e. The van der Waals surface area contributed by atoms with Gasteiger partial charge in [0.1, 0.15) is 0 Å². The molecule has 0 unspecified atom stereocenters. The third kappa shape index (κ3) is 2.23. The second-order valence-corrected chi connectivity index (χ2v) is 5.94. The first-order valence-electron chi connectivity index (χ1n) is 5.92. The van der Waals surface area contributed by atoms with Gasteiger partial charge in [0, 0.05) is 24.8 Å². The van der Waals surface area contributed by atoms with Crippen molar-refractivity contribution in [3.05, 3.63) is 48.8 Å². The highest BCUT2D eigenvalue weighted by molar-refractivity contribution is 7.92. The summed E-state index contributed by atoms with van der Waals surface area (Å²) in [5.74, 6) is 0. The van der Waals surface area contributed by atoms with E-state index in [-0.39, 0.29) is 5.03 Å². The van der Waals surface area contributed by atoms with Gasteiger partial charge in [0.05, 0.1) is 11.2 Å². The number of anilines is 1. The van der Waals surface area contributed by atoms with Crippen LogP contribution in [0.1, 0.15) is 0 Å². The molecule has 2 heterocycles. The van der Waals surface area contributed by atoms with E-state index in [2.05, 4.69) is 14.8 Å². The lowest BCUT2D eigenvalue weighted by molar-refractivity contribution is 0.593. The van der Waals surface area contributed by atoms with E-state index in [1.807, 2.05) is 12.1 Å². The number of aromatic nitrogens is 3. The summed E-state index contributed by atoms with van der Waals surface area (Å²) in [6, 6.07) is 10.5. The first-order valence-corrected chi connectivity index (χ1v) is 7.41. The maximum Gasteiger partial charge on any atom is 0.281 e. The molecular weight excluding hydrogens is 276 g/mol. The summed E-state index contributed by atoms with van der Waals surface area (Å²) in [5.41, 5.74) is 1.04. The number of aryl methyl sites for hydroxylation is 1. The van der Waals surface area contributed by atoms with Gasteiger partial charge in [0.15, 0.2) is 5.03 Å². The number of benzene rings is 1. The average Bonchev–Trinajstić information content (AvgIpc) is 2.86. The molecular formula is C13H12N4O2S. The quantitative estimate of drug-likeness (QED) is 0.797. The van der Waals surface area contributed by atoms with Crippen molar-refractivity contribution in [1.29, 1.82) is 0 Å². The molecule has 6 nitrogen and oxygen atoms in total. The summed E-state index contributed by atoms with van der Waals surface area (Å²) < 4.78 is 28.5. The Morgan fingerprint density at radius 3 is 2.70 bits per heavy atom. The zero-order chi connectivity index (χ0) is 14.2. The molecule has 3 rings (SSSR count). The van der Waals surface area contributed by atoms with Gasteiger partial charge in [-0.25, -0.2) is 0 Å². The first-order chi connectivity index (χ1) is 9.56. The minimum absolute atomic E-state index is 0.0204. The van der Waals surface area contributed by atoms with Crippen molar-refractivity contribution in [3.8, 4) is 0 Å². The van der Waals surface area contributed by atoms with Crippen molar-refractivity contribution < 1.29 is 8.42 Å². The van der Waals surface area contributed by atoms with Crippen LogP contribution < -0.4 is 4.72 Å². The SMILES string of the molecule is Cn1ccc(S(=O)(=O)Nc2cccc3cccnc23)n1. The Labute approximate surface area is 116 Å². The Balaban J connectivity index is 2.05. The van der Waals surface area contributed by atoms with Gasteiger partial charge < -0.3 is 0 Å². The van der Waals surface area contributed by atoms with Gasteiger partial charge in [-0.15, -0.1) is 0 Å². The Morgan fingerprint density at radius 1 is 1.15 bits per heavy atom. The average molecular weight is 288 g/mol. The Bertz CT molecular complexity index is 865. The van der Waals surface area contributed by atoms with Crippen LogP contribution >= 0.6 is 0 Å². The Kier molecular flexibility index (Phi) is 2.90. The fourth-order valence-electron chi connectivity index (χ4n) is 1.92. The molecule has 0 saturated heterocycles. The Morgan fingerprint density at radius 2 is 1.95 bits per heavy atom. The highest BCUT2D eigenvalue weighted by Crippen LogP contribution is 2.23. The van der Waals surface area contributed by atoms with Crippen LogP contribution in [-0.4, -0.2) is 23.2 Å². The van der Waals surface area contributed by atoms with E-state index in [9.17, 15) is 8.42 Å². The summed E-state index contributed by atoms with van der Waals surface area (Å²) in [5, 5.41) is 4.75. The van der Waals surface area contributed by atoms with Gasteiger partial charge in [-0.1, -0.05) is 18.2 Å². The van der Waals surface area contributed by atoms with E-state index >= 15 is 0 Å². The van der Waals surface area contributed by atoms with Gasteiger partial charge in [0.2, 0.25) is 0 Å². The predicted octanol–water partition coefficient (Wildman–Crippen LogP) is 1.77. The molecule has 20 heavy (non-hydrogen) atoms. The summed E-state index contributed by atoms with van der Waals surface area (Å²) in [7, 11) is -2.04. The molecule has 0 aliphatic heterocycles. The van der Waals surface area contributed by atoms with Crippen molar-refractivity contribution in [1.82, 2.24) is 14.8 Å². The molecule has 3 aromatic rings. The second kappa shape index (κ2) is 4.61. The van der Waals surface area contributed by atoms with Gasteiger partial charge in [-0.2, -0.15) is 13.5 Å². The molecule has 102 valence electrons. The topological polar surface area (TPSA) is 76.9 Å². The minimum atomic E-state index is -3.71. The van der Waals surface area contributed by atoms with Gasteiger partial charge >= 0.3 is 0 Å². The van der Waals surface area contributed by atoms with E-state index in [4.69, 9.17) is 0 Å². The number of hydrogen-bond acceptors (Lipinski definition) is 4. The second-order valence-electron chi connectivity index (χ2n) is 4.31. The number of para-hydroxylation sites is 1. The lowest BCUT2D eigenvalue weighted by Crippen LogP contribution is -2.14.